The summed E-state index contributed by atoms with van der Waals surface area (Å²) < 4.78 is 7.18. The molecule has 0 fully saturated rings. The fourth-order valence-electron chi connectivity index (χ4n) is 3.33. The van der Waals surface area contributed by atoms with Crippen LogP contribution in [0.3, 0.4) is 0 Å². The van der Waals surface area contributed by atoms with Gasteiger partial charge >= 0.3 is 0 Å². The summed E-state index contributed by atoms with van der Waals surface area (Å²) in [5, 5.41) is 3.04. The number of fused-ring (bicyclic) bond motifs is 1. The minimum atomic E-state index is -0.0544. The number of anilines is 1. The van der Waals surface area contributed by atoms with Crippen LogP contribution in [0, 0.1) is 13.8 Å². The van der Waals surface area contributed by atoms with Gasteiger partial charge < -0.3 is 14.5 Å². The van der Waals surface area contributed by atoms with Gasteiger partial charge in [-0.05, 0) is 54.8 Å². The molecule has 0 bridgehead atoms. The average Bonchev–Trinajstić information content (AvgIpc) is 3.16. The minimum Gasteiger partial charge on any atom is -0.497 e. The van der Waals surface area contributed by atoms with E-state index in [0.29, 0.717) is 6.42 Å². The van der Waals surface area contributed by atoms with Crippen molar-refractivity contribution in [2.45, 2.75) is 20.3 Å². The Kier molecular flexibility index (Phi) is 5.04. The topological polar surface area (TPSA) is 55.6 Å². The van der Waals surface area contributed by atoms with E-state index in [-0.39, 0.29) is 5.91 Å². The number of nitrogens with one attached hydrogen (secondary N) is 1. The van der Waals surface area contributed by atoms with Crippen molar-refractivity contribution in [1.29, 1.82) is 0 Å². The molecule has 1 N–H and O–H groups in total. The number of carbonyl (C=O) groups is 1. The van der Waals surface area contributed by atoms with Crippen LogP contribution < -0.4 is 10.1 Å². The number of hydrogen-bond acceptors (Lipinski definition) is 3. The van der Waals surface area contributed by atoms with E-state index in [0.717, 1.165) is 45.0 Å². The maximum atomic E-state index is 12.6. The normalized spacial score (nSPS) is 10.9. The van der Waals surface area contributed by atoms with E-state index in [2.05, 4.69) is 5.32 Å². The summed E-state index contributed by atoms with van der Waals surface area (Å²) in [6.07, 6.45) is 4.31. The molecule has 5 nitrogen and oxygen atoms in total. The van der Waals surface area contributed by atoms with Crippen molar-refractivity contribution in [1.82, 2.24) is 9.38 Å². The standard InChI is InChI=1S/C24H23N3O2/c1-16-6-9-19(22-15-27-12-4-5-17(2)24(27)26-22)14-21(16)25-23(28)13-18-7-10-20(29-3)11-8-18/h4-12,14-15H,13H2,1-3H3,(H,25,28). The first-order chi connectivity index (χ1) is 14.0. The van der Waals surface area contributed by atoms with E-state index < -0.39 is 0 Å². The van der Waals surface area contributed by atoms with Gasteiger partial charge in [0.2, 0.25) is 5.91 Å². The van der Waals surface area contributed by atoms with E-state index in [1.165, 1.54) is 0 Å². The molecule has 0 aliphatic rings. The van der Waals surface area contributed by atoms with E-state index in [1.807, 2.05) is 85.2 Å². The smallest absolute Gasteiger partial charge is 0.228 e. The molecule has 2 heterocycles. The second-order valence-electron chi connectivity index (χ2n) is 7.15. The van der Waals surface area contributed by atoms with E-state index in [9.17, 15) is 4.79 Å². The largest absolute Gasteiger partial charge is 0.497 e. The fourth-order valence-corrected chi connectivity index (χ4v) is 3.33. The van der Waals surface area contributed by atoms with Crippen molar-refractivity contribution in [3.63, 3.8) is 0 Å². The summed E-state index contributed by atoms with van der Waals surface area (Å²) >= 11 is 0. The number of imidazole rings is 1. The maximum Gasteiger partial charge on any atom is 0.228 e. The van der Waals surface area contributed by atoms with Gasteiger partial charge in [-0.1, -0.05) is 30.3 Å². The number of benzene rings is 2. The van der Waals surface area contributed by atoms with Gasteiger partial charge in [0, 0.05) is 23.6 Å². The van der Waals surface area contributed by atoms with Crippen LogP contribution in [0.2, 0.25) is 0 Å². The van der Waals surface area contributed by atoms with Gasteiger partial charge in [0.1, 0.15) is 11.4 Å². The lowest BCUT2D eigenvalue weighted by Gasteiger charge is -2.10. The van der Waals surface area contributed by atoms with Gasteiger partial charge in [-0.3, -0.25) is 4.79 Å². The average molecular weight is 385 g/mol. The molecule has 0 radical (unpaired) electrons. The minimum absolute atomic E-state index is 0.0544. The number of carbonyl (C=O) groups excluding carboxylic acids is 1. The van der Waals surface area contributed by atoms with Gasteiger partial charge in [-0.15, -0.1) is 0 Å². The van der Waals surface area contributed by atoms with Crippen molar-refractivity contribution in [2.75, 3.05) is 12.4 Å². The number of methoxy groups -OCH3 is 1. The van der Waals surface area contributed by atoms with Gasteiger partial charge in [-0.25, -0.2) is 4.98 Å². The van der Waals surface area contributed by atoms with Crippen molar-refractivity contribution >= 4 is 17.2 Å². The highest BCUT2D eigenvalue weighted by Gasteiger charge is 2.11. The number of pyridine rings is 1. The van der Waals surface area contributed by atoms with Crippen LogP contribution in [0.1, 0.15) is 16.7 Å². The van der Waals surface area contributed by atoms with Gasteiger partial charge in [-0.2, -0.15) is 0 Å². The number of aryl methyl sites for hydroxylation is 2. The molecule has 1 amide bonds. The SMILES string of the molecule is COc1ccc(CC(=O)Nc2cc(-c3cn4cccc(C)c4n3)ccc2C)cc1. The number of ether oxygens (including phenoxy) is 1. The summed E-state index contributed by atoms with van der Waals surface area (Å²) in [4.78, 5) is 17.3. The molecule has 5 heteroatoms. The molecular weight excluding hydrogens is 362 g/mol. The zero-order chi connectivity index (χ0) is 20.4. The third-order valence-corrected chi connectivity index (χ3v) is 5.01. The Labute approximate surface area is 170 Å². The third-order valence-electron chi connectivity index (χ3n) is 5.01. The van der Waals surface area contributed by atoms with E-state index in [1.54, 1.807) is 7.11 Å². The molecule has 2 aromatic carbocycles. The van der Waals surface area contributed by atoms with Crippen LogP contribution in [-0.2, 0) is 11.2 Å². The first-order valence-corrected chi connectivity index (χ1v) is 9.51. The van der Waals surface area contributed by atoms with Gasteiger partial charge in [0.15, 0.2) is 0 Å². The summed E-state index contributed by atoms with van der Waals surface area (Å²) in [5.41, 5.74) is 6.66. The predicted molar refractivity (Wildman–Crippen MR) is 115 cm³/mol. The summed E-state index contributed by atoms with van der Waals surface area (Å²) in [7, 11) is 1.63. The third kappa shape index (κ3) is 3.99. The van der Waals surface area contributed by atoms with Crippen LogP contribution in [0.15, 0.2) is 67.0 Å². The zero-order valence-corrected chi connectivity index (χ0v) is 16.8. The Hall–Kier alpha value is -3.60. The van der Waals surface area contributed by atoms with Crippen LogP contribution in [0.5, 0.6) is 5.75 Å². The Bertz CT molecular complexity index is 1180. The number of nitrogens with zero attached hydrogens (tertiary/aromatic N) is 2. The molecule has 0 saturated heterocycles. The second-order valence-corrected chi connectivity index (χ2v) is 7.15. The highest BCUT2D eigenvalue weighted by Crippen LogP contribution is 2.26. The van der Waals surface area contributed by atoms with Crippen molar-refractivity contribution in [2.24, 2.45) is 0 Å². The highest BCUT2D eigenvalue weighted by atomic mass is 16.5. The second kappa shape index (κ2) is 7.80. The summed E-state index contributed by atoms with van der Waals surface area (Å²) in [6.45, 7) is 4.03. The molecule has 0 saturated carbocycles. The molecule has 0 atom stereocenters. The van der Waals surface area contributed by atoms with Crippen LogP contribution in [-0.4, -0.2) is 22.4 Å². The number of aromatic nitrogens is 2. The quantitative estimate of drug-likeness (QED) is 0.536. The molecule has 0 spiro atoms. The monoisotopic (exact) mass is 385 g/mol. The van der Waals surface area contributed by atoms with E-state index in [4.69, 9.17) is 9.72 Å². The highest BCUT2D eigenvalue weighted by molar-refractivity contribution is 5.93. The first kappa shape index (κ1) is 18.7. The molecule has 4 aromatic rings. The molecular formula is C24H23N3O2. The number of hydrogen-bond donors (Lipinski definition) is 1. The Morgan fingerprint density at radius 2 is 1.86 bits per heavy atom. The van der Waals surface area contributed by atoms with Gasteiger partial charge in [0.05, 0.1) is 19.2 Å². The van der Waals surface area contributed by atoms with Crippen LogP contribution in [0.4, 0.5) is 5.69 Å². The number of rotatable bonds is 5. The Morgan fingerprint density at radius 1 is 1.07 bits per heavy atom. The van der Waals surface area contributed by atoms with Crippen LogP contribution >= 0.6 is 0 Å². The van der Waals surface area contributed by atoms with Crippen molar-refractivity contribution < 1.29 is 9.53 Å². The van der Waals surface area contributed by atoms with E-state index >= 15 is 0 Å². The molecule has 0 aliphatic carbocycles. The first-order valence-electron chi connectivity index (χ1n) is 9.51. The Morgan fingerprint density at radius 3 is 2.59 bits per heavy atom. The molecule has 2 aromatic heterocycles. The van der Waals surface area contributed by atoms with Gasteiger partial charge in [0.25, 0.3) is 0 Å². The molecule has 0 aliphatic heterocycles. The lowest BCUT2D eigenvalue weighted by molar-refractivity contribution is -0.115. The van der Waals surface area contributed by atoms with Crippen LogP contribution in [0.25, 0.3) is 16.9 Å². The Balaban J connectivity index is 1.55. The van der Waals surface area contributed by atoms with Crippen molar-refractivity contribution in [3.8, 4) is 17.0 Å². The molecule has 146 valence electrons. The molecule has 29 heavy (non-hydrogen) atoms. The molecule has 0 unspecified atom stereocenters. The number of amides is 1. The lowest BCUT2D eigenvalue weighted by atomic mass is 10.1. The zero-order valence-electron chi connectivity index (χ0n) is 16.8. The summed E-state index contributed by atoms with van der Waals surface area (Å²) in [6, 6.07) is 17.6. The maximum absolute atomic E-state index is 12.6. The molecule has 4 rings (SSSR count). The fraction of sp³-hybridized carbons (Fsp3) is 0.167. The van der Waals surface area contributed by atoms with Crippen molar-refractivity contribution in [3.05, 3.63) is 83.7 Å². The lowest BCUT2D eigenvalue weighted by Crippen LogP contribution is -2.15. The predicted octanol–water partition coefficient (Wildman–Crippen LogP) is 4.81. The summed E-state index contributed by atoms with van der Waals surface area (Å²) in [5.74, 6) is 0.724.